The Labute approximate surface area is 163 Å². The van der Waals surface area contributed by atoms with E-state index < -0.39 is 0 Å². The van der Waals surface area contributed by atoms with Crippen LogP contribution < -0.4 is 4.74 Å². The highest BCUT2D eigenvalue weighted by Gasteiger charge is 2.30. The van der Waals surface area contributed by atoms with Crippen molar-refractivity contribution in [3.8, 4) is 16.3 Å². The van der Waals surface area contributed by atoms with Crippen molar-refractivity contribution in [2.75, 3.05) is 13.2 Å². The number of amides is 1. The molecule has 4 rings (SSSR count). The van der Waals surface area contributed by atoms with Crippen LogP contribution in [0.25, 0.3) is 10.6 Å². The second-order valence-electron chi connectivity index (χ2n) is 6.64. The van der Waals surface area contributed by atoms with Gasteiger partial charge in [-0.25, -0.2) is 4.98 Å². The van der Waals surface area contributed by atoms with Crippen LogP contribution in [0.2, 0.25) is 0 Å². The van der Waals surface area contributed by atoms with Crippen LogP contribution in [0.4, 0.5) is 0 Å². The molecular weight excluding hydrogens is 356 g/mol. The summed E-state index contributed by atoms with van der Waals surface area (Å²) < 4.78 is 5.67. The van der Waals surface area contributed by atoms with Gasteiger partial charge in [0.05, 0.1) is 11.7 Å². The summed E-state index contributed by atoms with van der Waals surface area (Å²) in [7, 11) is 0. The maximum absolute atomic E-state index is 12.8. The third-order valence-corrected chi connectivity index (χ3v) is 5.72. The third-order valence-electron chi connectivity index (χ3n) is 4.81. The van der Waals surface area contributed by atoms with E-state index in [9.17, 15) is 4.79 Å². The minimum absolute atomic E-state index is 0.0258. The Hall–Kier alpha value is -2.66. The zero-order valence-corrected chi connectivity index (χ0v) is 15.9. The van der Waals surface area contributed by atoms with Gasteiger partial charge >= 0.3 is 0 Å². The molecule has 27 heavy (non-hydrogen) atoms. The lowest BCUT2D eigenvalue weighted by atomic mass is 10.00. The van der Waals surface area contributed by atoms with Gasteiger partial charge in [-0.3, -0.25) is 4.79 Å². The fraction of sp³-hybridized carbons (Fsp3) is 0.273. The summed E-state index contributed by atoms with van der Waals surface area (Å²) in [4.78, 5) is 19.6. The van der Waals surface area contributed by atoms with Crippen LogP contribution >= 0.6 is 11.3 Å². The van der Waals surface area contributed by atoms with Crippen LogP contribution in [0.1, 0.15) is 31.0 Å². The molecule has 1 aliphatic rings. The molecule has 0 aliphatic carbocycles. The monoisotopic (exact) mass is 378 g/mol. The van der Waals surface area contributed by atoms with E-state index in [0.29, 0.717) is 0 Å². The SMILES string of the molecule is O=C(COc1ccccc1)N1CCCC[C@@H]1c1csc(-c2ccccc2)n1. The van der Waals surface area contributed by atoms with Crippen LogP contribution in [-0.4, -0.2) is 28.9 Å². The molecule has 1 atom stereocenters. The molecule has 4 nitrogen and oxygen atoms in total. The second kappa shape index (κ2) is 8.35. The van der Waals surface area contributed by atoms with Gasteiger partial charge in [0.25, 0.3) is 5.91 Å². The number of likely N-dealkylation sites (tertiary alicyclic amines) is 1. The lowest BCUT2D eigenvalue weighted by Crippen LogP contribution is -2.41. The molecule has 1 aromatic heterocycles. The molecule has 5 heteroatoms. The fourth-order valence-electron chi connectivity index (χ4n) is 3.43. The van der Waals surface area contributed by atoms with Crippen LogP contribution in [0, 0.1) is 0 Å². The van der Waals surface area contributed by atoms with Gasteiger partial charge in [-0.2, -0.15) is 0 Å². The van der Waals surface area contributed by atoms with Gasteiger partial charge < -0.3 is 9.64 Å². The Morgan fingerprint density at radius 3 is 2.59 bits per heavy atom. The number of hydrogen-bond donors (Lipinski definition) is 0. The first-order chi connectivity index (χ1) is 13.3. The quantitative estimate of drug-likeness (QED) is 0.631. The van der Waals surface area contributed by atoms with Gasteiger partial charge in [0, 0.05) is 17.5 Å². The van der Waals surface area contributed by atoms with Crippen LogP contribution in [0.15, 0.2) is 66.0 Å². The van der Waals surface area contributed by atoms with E-state index in [2.05, 4.69) is 17.5 Å². The second-order valence-corrected chi connectivity index (χ2v) is 7.50. The van der Waals surface area contributed by atoms with Crippen molar-refractivity contribution in [2.24, 2.45) is 0 Å². The Balaban J connectivity index is 1.47. The van der Waals surface area contributed by atoms with Gasteiger partial charge in [-0.05, 0) is 31.4 Å². The van der Waals surface area contributed by atoms with Gasteiger partial charge in [0.1, 0.15) is 10.8 Å². The Morgan fingerprint density at radius 1 is 1.07 bits per heavy atom. The van der Waals surface area contributed by atoms with E-state index in [-0.39, 0.29) is 18.6 Å². The molecular formula is C22H22N2O2S. The molecule has 138 valence electrons. The van der Waals surface area contributed by atoms with E-state index in [4.69, 9.17) is 9.72 Å². The van der Waals surface area contributed by atoms with Crippen molar-refractivity contribution < 1.29 is 9.53 Å². The predicted molar refractivity (Wildman–Crippen MR) is 108 cm³/mol. The van der Waals surface area contributed by atoms with Gasteiger partial charge in [-0.15, -0.1) is 11.3 Å². The standard InChI is InChI=1S/C22H22N2O2S/c25-21(15-26-18-11-5-2-6-12-18)24-14-8-7-13-20(24)19-16-27-22(23-19)17-9-3-1-4-10-17/h1-6,9-12,16,20H,7-8,13-15H2/t20-/m1/s1. The summed E-state index contributed by atoms with van der Waals surface area (Å²) in [6.45, 7) is 0.829. The molecule has 1 fully saturated rings. The van der Waals surface area contributed by atoms with Crippen molar-refractivity contribution in [3.63, 3.8) is 0 Å². The minimum atomic E-state index is 0.0258. The molecule has 2 heterocycles. The van der Waals surface area contributed by atoms with Crippen LogP contribution in [0.5, 0.6) is 5.75 Å². The minimum Gasteiger partial charge on any atom is -0.484 e. The third kappa shape index (κ3) is 4.19. The zero-order valence-electron chi connectivity index (χ0n) is 15.1. The van der Waals surface area contributed by atoms with Crippen molar-refractivity contribution in [1.82, 2.24) is 9.88 Å². The number of carbonyl (C=O) groups excluding carboxylic acids is 1. The largest absolute Gasteiger partial charge is 0.484 e. The van der Waals surface area contributed by atoms with E-state index in [0.717, 1.165) is 47.8 Å². The number of para-hydroxylation sites is 1. The number of carbonyl (C=O) groups is 1. The molecule has 1 aliphatic heterocycles. The summed E-state index contributed by atoms with van der Waals surface area (Å²) >= 11 is 1.64. The first-order valence-corrected chi connectivity index (χ1v) is 10.2. The highest BCUT2D eigenvalue weighted by Crippen LogP contribution is 2.34. The lowest BCUT2D eigenvalue weighted by Gasteiger charge is -2.34. The molecule has 1 amide bonds. The molecule has 0 N–H and O–H groups in total. The van der Waals surface area contributed by atoms with E-state index in [1.54, 1.807) is 11.3 Å². The molecule has 3 aromatic rings. The molecule has 0 unspecified atom stereocenters. The topological polar surface area (TPSA) is 42.4 Å². The van der Waals surface area contributed by atoms with Crippen LogP contribution in [-0.2, 0) is 4.79 Å². The average molecular weight is 378 g/mol. The Bertz CT molecular complexity index is 880. The number of nitrogens with zero attached hydrogens (tertiary/aromatic N) is 2. The van der Waals surface area contributed by atoms with E-state index in [1.807, 2.05) is 53.4 Å². The fourth-order valence-corrected chi connectivity index (χ4v) is 4.31. The van der Waals surface area contributed by atoms with Gasteiger partial charge in [-0.1, -0.05) is 48.5 Å². The summed E-state index contributed by atoms with van der Waals surface area (Å²) in [5, 5.41) is 3.10. The number of aromatic nitrogens is 1. The molecule has 0 bridgehead atoms. The molecule has 1 saturated heterocycles. The highest BCUT2D eigenvalue weighted by molar-refractivity contribution is 7.13. The summed E-state index contributed by atoms with van der Waals surface area (Å²) in [6.07, 6.45) is 3.10. The smallest absolute Gasteiger partial charge is 0.261 e. The van der Waals surface area contributed by atoms with Gasteiger partial charge in [0.2, 0.25) is 0 Å². The number of ether oxygens (including phenoxy) is 1. The van der Waals surface area contributed by atoms with Crippen molar-refractivity contribution >= 4 is 17.2 Å². The summed E-state index contributed by atoms with van der Waals surface area (Å²) in [6, 6.07) is 19.7. The lowest BCUT2D eigenvalue weighted by molar-refractivity contribution is -0.137. The van der Waals surface area contributed by atoms with Gasteiger partial charge in [0.15, 0.2) is 6.61 Å². The summed E-state index contributed by atoms with van der Waals surface area (Å²) in [5.41, 5.74) is 2.11. The normalized spacial score (nSPS) is 16.9. The van der Waals surface area contributed by atoms with E-state index >= 15 is 0 Å². The van der Waals surface area contributed by atoms with Crippen molar-refractivity contribution in [1.29, 1.82) is 0 Å². The number of thiazole rings is 1. The zero-order chi connectivity index (χ0) is 18.5. The maximum Gasteiger partial charge on any atom is 0.261 e. The first-order valence-electron chi connectivity index (χ1n) is 9.29. The maximum atomic E-state index is 12.8. The summed E-state index contributed by atoms with van der Waals surface area (Å²) in [5.74, 6) is 0.747. The average Bonchev–Trinajstić information content (AvgIpc) is 3.23. The molecule has 0 spiro atoms. The van der Waals surface area contributed by atoms with Crippen molar-refractivity contribution in [3.05, 3.63) is 71.7 Å². The molecule has 0 radical (unpaired) electrons. The Morgan fingerprint density at radius 2 is 1.81 bits per heavy atom. The molecule has 2 aromatic carbocycles. The number of piperidine rings is 1. The number of benzene rings is 2. The highest BCUT2D eigenvalue weighted by atomic mass is 32.1. The molecule has 0 saturated carbocycles. The van der Waals surface area contributed by atoms with E-state index in [1.165, 1.54) is 0 Å². The van der Waals surface area contributed by atoms with Crippen molar-refractivity contribution in [2.45, 2.75) is 25.3 Å². The predicted octanol–water partition coefficient (Wildman–Crippen LogP) is 4.94. The number of rotatable bonds is 5. The van der Waals surface area contributed by atoms with Crippen LogP contribution in [0.3, 0.4) is 0 Å². The Kier molecular flexibility index (Phi) is 5.49. The first kappa shape index (κ1) is 17.7. The number of hydrogen-bond acceptors (Lipinski definition) is 4.